The predicted molar refractivity (Wildman–Crippen MR) is 109 cm³/mol. The maximum absolute atomic E-state index is 11.9. The lowest BCUT2D eigenvalue weighted by molar-refractivity contribution is -0.116. The third kappa shape index (κ3) is 4.64. The first-order valence-electron chi connectivity index (χ1n) is 8.82. The molecule has 146 valence electrons. The van der Waals surface area contributed by atoms with Crippen molar-refractivity contribution in [3.63, 3.8) is 0 Å². The fraction of sp³-hybridized carbons (Fsp3) is 0.250. The van der Waals surface area contributed by atoms with Crippen molar-refractivity contribution in [2.24, 2.45) is 10.2 Å². The number of para-hydroxylation sites is 1. The van der Waals surface area contributed by atoms with E-state index in [9.17, 15) is 15.0 Å². The van der Waals surface area contributed by atoms with Gasteiger partial charge in [0.25, 0.3) is 0 Å². The van der Waals surface area contributed by atoms with Crippen molar-refractivity contribution in [3.05, 3.63) is 48.2 Å². The minimum atomic E-state index is -0.0409. The van der Waals surface area contributed by atoms with Gasteiger partial charge in [0.2, 0.25) is 5.91 Å². The van der Waals surface area contributed by atoms with Crippen molar-refractivity contribution in [2.45, 2.75) is 24.2 Å². The number of amides is 1. The molecule has 1 aliphatic heterocycles. The molecule has 28 heavy (non-hydrogen) atoms. The molecule has 0 atom stereocenters. The second-order valence-corrected chi connectivity index (χ2v) is 7.26. The Morgan fingerprint density at radius 2 is 2.00 bits per heavy atom. The number of unbranched alkanes of at least 4 members (excludes halogenated alkanes) is 1. The van der Waals surface area contributed by atoms with Crippen LogP contribution in [0.3, 0.4) is 0 Å². The molecule has 1 heterocycles. The van der Waals surface area contributed by atoms with Crippen LogP contribution in [-0.2, 0) is 9.53 Å². The Bertz CT molecular complexity index is 913. The summed E-state index contributed by atoms with van der Waals surface area (Å²) in [7, 11) is 1.48. The number of anilines is 1. The first-order valence-corrected chi connectivity index (χ1v) is 9.80. The Kier molecular flexibility index (Phi) is 6.54. The summed E-state index contributed by atoms with van der Waals surface area (Å²) < 4.78 is 4.94. The summed E-state index contributed by atoms with van der Waals surface area (Å²) in [5, 5.41) is 31.3. The van der Waals surface area contributed by atoms with Crippen molar-refractivity contribution in [3.8, 4) is 11.5 Å². The standard InChI is InChI=1S/C20H21N3O4S/c1-27-12-14-18-19(23-22-14)15(24)11-16(20(18)26)28-10-6-5-9-17(25)21-13-7-3-2-4-8-13/h2-4,7-8,11-12,24,26H,5-6,9-10H2,1H3,(H,21,25)/b14-12+. The minimum Gasteiger partial charge on any atom is -0.506 e. The van der Waals surface area contributed by atoms with Gasteiger partial charge in [-0.3, -0.25) is 4.79 Å². The van der Waals surface area contributed by atoms with Gasteiger partial charge in [-0.2, -0.15) is 0 Å². The third-order valence-corrected chi connectivity index (χ3v) is 5.19. The molecule has 8 heteroatoms. The normalized spacial score (nSPS) is 13.5. The topological polar surface area (TPSA) is 104 Å². The summed E-state index contributed by atoms with van der Waals surface area (Å²) in [4.78, 5) is 12.5. The zero-order chi connectivity index (χ0) is 19.9. The number of benzene rings is 2. The van der Waals surface area contributed by atoms with Crippen LogP contribution in [-0.4, -0.2) is 29.0 Å². The van der Waals surface area contributed by atoms with Crippen LogP contribution in [0.4, 0.5) is 11.4 Å². The highest BCUT2D eigenvalue weighted by molar-refractivity contribution is 7.99. The smallest absolute Gasteiger partial charge is 0.224 e. The zero-order valence-electron chi connectivity index (χ0n) is 15.4. The Morgan fingerprint density at radius 3 is 2.75 bits per heavy atom. The average molecular weight is 399 g/mol. The Labute approximate surface area is 167 Å². The van der Waals surface area contributed by atoms with Crippen LogP contribution in [0.1, 0.15) is 24.8 Å². The molecular formula is C20H21N3O4S. The molecule has 3 rings (SSSR count). The van der Waals surface area contributed by atoms with Gasteiger partial charge in [0.1, 0.15) is 29.1 Å². The van der Waals surface area contributed by atoms with Gasteiger partial charge in [-0.15, -0.1) is 22.0 Å². The number of hydrogen-bond donors (Lipinski definition) is 3. The number of carbonyl (C=O) groups excluding carboxylic acids is 1. The van der Waals surface area contributed by atoms with Crippen LogP contribution in [0, 0.1) is 0 Å². The number of methoxy groups -OCH3 is 1. The van der Waals surface area contributed by atoms with Gasteiger partial charge in [0.15, 0.2) is 0 Å². The molecule has 0 aliphatic carbocycles. The van der Waals surface area contributed by atoms with Gasteiger partial charge in [-0.05, 0) is 36.8 Å². The number of phenolic OH excluding ortho intramolecular Hbond substituents is 2. The lowest BCUT2D eigenvalue weighted by Gasteiger charge is -2.10. The van der Waals surface area contributed by atoms with Gasteiger partial charge in [-0.25, -0.2) is 0 Å². The molecule has 0 radical (unpaired) electrons. The summed E-state index contributed by atoms with van der Waals surface area (Å²) in [6.07, 6.45) is 3.31. The number of thioether (sulfide) groups is 1. The zero-order valence-corrected chi connectivity index (χ0v) is 16.2. The van der Waals surface area contributed by atoms with Crippen molar-refractivity contribution in [1.29, 1.82) is 0 Å². The number of aromatic hydroxyl groups is 2. The minimum absolute atomic E-state index is 0.0212. The summed E-state index contributed by atoms with van der Waals surface area (Å²) in [5.41, 5.74) is 1.76. The Morgan fingerprint density at radius 1 is 1.21 bits per heavy atom. The molecule has 0 spiro atoms. The lowest BCUT2D eigenvalue weighted by Crippen LogP contribution is -2.10. The van der Waals surface area contributed by atoms with Crippen LogP contribution in [0.5, 0.6) is 11.5 Å². The highest BCUT2D eigenvalue weighted by Gasteiger charge is 2.25. The number of carbonyl (C=O) groups is 1. The van der Waals surface area contributed by atoms with Crippen LogP contribution in [0.15, 0.2) is 57.8 Å². The van der Waals surface area contributed by atoms with Crippen molar-refractivity contribution in [1.82, 2.24) is 0 Å². The molecule has 0 fully saturated rings. The summed E-state index contributed by atoms with van der Waals surface area (Å²) in [5.74, 6) is 0.655. The molecule has 1 aliphatic rings. The van der Waals surface area contributed by atoms with E-state index in [1.807, 2.05) is 30.3 Å². The van der Waals surface area contributed by atoms with Crippen LogP contribution in [0.25, 0.3) is 5.70 Å². The number of nitrogens with zero attached hydrogens (tertiary/aromatic N) is 2. The van der Waals surface area contributed by atoms with Gasteiger partial charge >= 0.3 is 0 Å². The Hall–Kier alpha value is -3.00. The predicted octanol–water partition coefficient (Wildman–Crippen LogP) is 5.04. The molecule has 0 aromatic heterocycles. The Balaban J connectivity index is 1.51. The second-order valence-electron chi connectivity index (χ2n) is 6.12. The molecule has 0 saturated carbocycles. The van der Waals surface area contributed by atoms with E-state index in [1.54, 1.807) is 0 Å². The summed E-state index contributed by atoms with van der Waals surface area (Å²) >= 11 is 1.41. The lowest BCUT2D eigenvalue weighted by atomic mass is 10.1. The van der Waals surface area contributed by atoms with Crippen molar-refractivity contribution >= 4 is 34.7 Å². The number of azo groups is 1. The number of nitrogens with one attached hydrogen (secondary N) is 1. The second kappa shape index (κ2) is 9.27. The van der Waals surface area contributed by atoms with Crippen LogP contribution in [0.2, 0.25) is 0 Å². The van der Waals surface area contributed by atoms with E-state index in [0.717, 1.165) is 18.5 Å². The molecule has 0 unspecified atom stereocenters. The monoisotopic (exact) mass is 399 g/mol. The van der Waals surface area contributed by atoms with Gasteiger partial charge in [0, 0.05) is 12.1 Å². The molecule has 2 aromatic rings. The van der Waals surface area contributed by atoms with E-state index in [2.05, 4.69) is 15.5 Å². The van der Waals surface area contributed by atoms with E-state index >= 15 is 0 Å². The maximum Gasteiger partial charge on any atom is 0.224 e. The molecule has 3 N–H and O–H groups in total. The van der Waals surface area contributed by atoms with E-state index in [4.69, 9.17) is 4.74 Å². The molecule has 2 aromatic carbocycles. The third-order valence-electron chi connectivity index (χ3n) is 4.07. The summed E-state index contributed by atoms with van der Waals surface area (Å²) in [6.45, 7) is 0. The molecule has 1 amide bonds. The summed E-state index contributed by atoms with van der Waals surface area (Å²) in [6, 6.07) is 10.8. The molecule has 0 bridgehead atoms. The van der Waals surface area contributed by atoms with Crippen molar-refractivity contribution in [2.75, 3.05) is 18.2 Å². The quantitative estimate of drug-likeness (QED) is 0.250. The highest BCUT2D eigenvalue weighted by Crippen LogP contribution is 2.50. The number of hydrogen-bond acceptors (Lipinski definition) is 7. The van der Waals surface area contributed by atoms with Gasteiger partial charge in [-0.1, -0.05) is 18.2 Å². The molecular weight excluding hydrogens is 378 g/mol. The van der Waals surface area contributed by atoms with E-state index < -0.39 is 0 Å². The fourth-order valence-corrected chi connectivity index (χ4v) is 3.74. The van der Waals surface area contributed by atoms with Crippen LogP contribution >= 0.6 is 11.8 Å². The molecule has 7 nitrogen and oxygen atoms in total. The highest BCUT2D eigenvalue weighted by atomic mass is 32.2. The largest absolute Gasteiger partial charge is 0.506 e. The number of phenols is 2. The van der Waals surface area contributed by atoms with E-state index in [1.165, 1.54) is 31.2 Å². The first kappa shape index (κ1) is 19.8. The van der Waals surface area contributed by atoms with Crippen molar-refractivity contribution < 1.29 is 19.7 Å². The number of fused-ring (bicyclic) bond motifs is 1. The van der Waals surface area contributed by atoms with Gasteiger partial charge in [0.05, 0.1) is 17.6 Å². The maximum atomic E-state index is 11.9. The molecule has 0 saturated heterocycles. The number of rotatable bonds is 8. The fourth-order valence-electron chi connectivity index (χ4n) is 2.74. The number of ether oxygens (including phenoxy) is 1. The SMILES string of the molecule is CO/C=C1/N=Nc2c(O)cc(SCCCCC(=O)Nc3ccccc3)c(O)c21. The average Bonchev–Trinajstić information content (AvgIpc) is 3.11. The first-order chi connectivity index (χ1) is 13.6. The van der Waals surface area contributed by atoms with E-state index in [-0.39, 0.29) is 23.1 Å². The van der Waals surface area contributed by atoms with E-state index in [0.29, 0.717) is 28.3 Å². The van der Waals surface area contributed by atoms with Gasteiger partial charge < -0.3 is 20.3 Å². The van der Waals surface area contributed by atoms with Crippen LogP contribution < -0.4 is 5.32 Å².